The first kappa shape index (κ1) is 16.6. The largest absolute Gasteiger partial charge is 0.493 e. The van der Waals surface area contributed by atoms with Gasteiger partial charge in [0.15, 0.2) is 9.74 Å². The van der Waals surface area contributed by atoms with Gasteiger partial charge in [-0.05, 0) is 36.4 Å². The van der Waals surface area contributed by atoms with Crippen molar-refractivity contribution in [2.75, 3.05) is 0 Å². The van der Waals surface area contributed by atoms with E-state index in [4.69, 9.17) is 17.3 Å². The molecule has 1 heterocycles. The molecule has 0 saturated carbocycles. The van der Waals surface area contributed by atoms with Gasteiger partial charge in [-0.1, -0.05) is 19.9 Å². The Morgan fingerprint density at radius 3 is 2.77 bits per heavy atom. The zero-order chi connectivity index (χ0) is 16.5. The Bertz CT molecular complexity index is 737. The summed E-state index contributed by atoms with van der Waals surface area (Å²) in [6.45, 7) is 3.90. The molecule has 0 atom stereocenters. The molecular formula is C15H17NO4S2. The normalized spacial score (nSPS) is 18.8. The van der Waals surface area contributed by atoms with Crippen molar-refractivity contribution in [1.82, 2.24) is 4.57 Å². The molecule has 0 aliphatic heterocycles. The van der Waals surface area contributed by atoms with Crippen molar-refractivity contribution in [3.05, 3.63) is 26.6 Å². The van der Waals surface area contributed by atoms with E-state index in [1.54, 1.807) is 18.2 Å². The van der Waals surface area contributed by atoms with E-state index in [1.807, 2.05) is 13.8 Å². The van der Waals surface area contributed by atoms with Crippen molar-refractivity contribution in [3.63, 3.8) is 0 Å². The Kier molecular flexibility index (Phi) is 4.67. The van der Waals surface area contributed by atoms with Crippen molar-refractivity contribution in [2.24, 2.45) is 5.41 Å². The average molecular weight is 339 g/mol. The van der Waals surface area contributed by atoms with Crippen molar-refractivity contribution in [2.45, 2.75) is 33.2 Å². The average Bonchev–Trinajstić information content (AvgIpc) is 2.66. The fraction of sp³-hybridized carbons (Fsp3) is 0.400. The molecule has 22 heavy (non-hydrogen) atoms. The summed E-state index contributed by atoms with van der Waals surface area (Å²) in [6.07, 6.45) is 5.58. The Morgan fingerprint density at radius 1 is 1.50 bits per heavy atom. The van der Waals surface area contributed by atoms with Crippen LogP contribution in [0.5, 0.6) is 5.88 Å². The van der Waals surface area contributed by atoms with Gasteiger partial charge in [0, 0.05) is 12.0 Å². The lowest BCUT2D eigenvalue weighted by Gasteiger charge is -2.25. The van der Waals surface area contributed by atoms with Crippen LogP contribution in [0.1, 0.15) is 31.6 Å². The van der Waals surface area contributed by atoms with Gasteiger partial charge in [-0.3, -0.25) is 14.2 Å². The molecule has 0 amide bonds. The van der Waals surface area contributed by atoms with E-state index in [0.717, 1.165) is 5.57 Å². The minimum atomic E-state index is -0.942. The van der Waals surface area contributed by atoms with Crippen LogP contribution in [0.15, 0.2) is 17.7 Å². The number of carboxylic acids is 1. The Balaban J connectivity index is 2.31. The Labute approximate surface area is 137 Å². The van der Waals surface area contributed by atoms with Crippen molar-refractivity contribution in [1.29, 1.82) is 0 Å². The number of allylic oxidation sites excluding steroid dienone is 3. The lowest BCUT2D eigenvalue weighted by Crippen LogP contribution is -2.25. The summed E-state index contributed by atoms with van der Waals surface area (Å²) in [4.78, 5) is 23.0. The molecule has 0 radical (unpaired) electrons. The van der Waals surface area contributed by atoms with E-state index < -0.39 is 11.4 Å². The van der Waals surface area contributed by atoms with Crippen LogP contribution in [0.3, 0.4) is 0 Å². The molecule has 1 aliphatic carbocycles. The van der Waals surface area contributed by atoms with Gasteiger partial charge in [0.05, 0.1) is 11.3 Å². The number of thiazole rings is 1. The van der Waals surface area contributed by atoms with Crippen LogP contribution in [0.4, 0.5) is 0 Å². The zero-order valence-corrected chi connectivity index (χ0v) is 14.0. The summed E-state index contributed by atoms with van der Waals surface area (Å²) in [5.41, 5.74) is 0.477. The van der Waals surface area contributed by atoms with E-state index in [1.165, 1.54) is 15.9 Å². The number of hydrogen-bond acceptors (Lipinski definition) is 5. The summed E-state index contributed by atoms with van der Waals surface area (Å²) in [7, 11) is 0. The van der Waals surface area contributed by atoms with Gasteiger partial charge < -0.3 is 10.2 Å². The molecule has 1 aromatic heterocycles. The molecule has 7 heteroatoms. The highest BCUT2D eigenvalue weighted by molar-refractivity contribution is 7.73. The molecule has 5 nitrogen and oxygen atoms in total. The maximum Gasteiger partial charge on any atom is 0.305 e. The van der Waals surface area contributed by atoms with Crippen LogP contribution in [0.2, 0.25) is 0 Å². The van der Waals surface area contributed by atoms with Crippen molar-refractivity contribution >= 4 is 41.4 Å². The second kappa shape index (κ2) is 6.18. The summed E-state index contributed by atoms with van der Waals surface area (Å²) in [5.74, 6) is -0.879. The number of carbonyl (C=O) groups is 2. The second-order valence-electron chi connectivity index (χ2n) is 5.83. The third-order valence-electron chi connectivity index (χ3n) is 3.52. The van der Waals surface area contributed by atoms with Gasteiger partial charge in [-0.15, -0.1) is 11.3 Å². The fourth-order valence-electron chi connectivity index (χ4n) is 2.25. The van der Waals surface area contributed by atoms with Crippen LogP contribution in [-0.4, -0.2) is 26.5 Å². The van der Waals surface area contributed by atoms with Gasteiger partial charge in [-0.2, -0.15) is 0 Å². The smallest absolute Gasteiger partial charge is 0.305 e. The predicted octanol–water partition coefficient (Wildman–Crippen LogP) is 3.40. The summed E-state index contributed by atoms with van der Waals surface area (Å²) >= 11 is 6.40. The van der Waals surface area contributed by atoms with E-state index in [2.05, 4.69) is 0 Å². The minimum Gasteiger partial charge on any atom is -0.493 e. The number of carbonyl (C=O) groups excluding carboxylic acids is 1. The van der Waals surface area contributed by atoms with E-state index in [0.29, 0.717) is 15.3 Å². The first-order valence-electron chi connectivity index (χ1n) is 6.78. The van der Waals surface area contributed by atoms with E-state index >= 15 is 0 Å². The monoisotopic (exact) mass is 339 g/mol. The highest BCUT2D eigenvalue weighted by atomic mass is 32.1. The van der Waals surface area contributed by atoms with Crippen LogP contribution < -0.4 is 0 Å². The first-order chi connectivity index (χ1) is 10.2. The molecule has 0 unspecified atom stereocenters. The molecule has 2 N–H and O–H groups in total. The standard InChI is InChI=1S/C15H17NO4S2/c1-15(2)8-9(3-4-11(15)17)7-10-13(20)16(14(21)22-10)6-5-12(18)19/h3-4,7,20H,5-6,8H2,1-2H3,(H,18,19)/b9-7+. The summed E-state index contributed by atoms with van der Waals surface area (Å²) < 4.78 is 1.85. The van der Waals surface area contributed by atoms with E-state index in [9.17, 15) is 14.7 Å². The van der Waals surface area contributed by atoms with Gasteiger partial charge >= 0.3 is 5.97 Å². The predicted molar refractivity (Wildman–Crippen MR) is 87.6 cm³/mol. The number of aromatic hydroxyl groups is 1. The molecule has 0 aromatic carbocycles. The maximum absolute atomic E-state index is 11.8. The number of rotatable bonds is 4. The van der Waals surface area contributed by atoms with E-state index in [-0.39, 0.29) is 24.6 Å². The first-order valence-corrected chi connectivity index (χ1v) is 8.00. The highest BCUT2D eigenvalue weighted by Crippen LogP contribution is 2.35. The molecule has 0 spiro atoms. The zero-order valence-electron chi connectivity index (χ0n) is 12.3. The number of ketones is 1. The molecule has 1 aromatic rings. The highest BCUT2D eigenvalue weighted by Gasteiger charge is 2.29. The number of nitrogens with zero attached hydrogens (tertiary/aromatic N) is 1. The van der Waals surface area contributed by atoms with Crippen LogP contribution in [0, 0.1) is 9.37 Å². The van der Waals surface area contributed by atoms with Crippen molar-refractivity contribution < 1.29 is 19.8 Å². The molecule has 118 valence electrons. The molecule has 1 aliphatic rings. The van der Waals surface area contributed by atoms with Gasteiger partial charge in [0.1, 0.15) is 0 Å². The van der Waals surface area contributed by atoms with Crippen LogP contribution in [0.25, 0.3) is 6.08 Å². The molecule has 0 bridgehead atoms. The quantitative estimate of drug-likeness (QED) is 0.822. The lowest BCUT2D eigenvalue weighted by atomic mass is 9.77. The van der Waals surface area contributed by atoms with Gasteiger partial charge in [0.25, 0.3) is 0 Å². The van der Waals surface area contributed by atoms with Gasteiger partial charge in [0.2, 0.25) is 5.88 Å². The third-order valence-corrected chi connectivity index (χ3v) is 4.91. The number of carboxylic acid groups (broad SMARTS) is 1. The third kappa shape index (κ3) is 3.53. The Hall–Kier alpha value is -1.73. The Morgan fingerprint density at radius 2 is 2.18 bits per heavy atom. The summed E-state index contributed by atoms with van der Waals surface area (Å²) in [5, 5.41) is 18.9. The number of aromatic nitrogens is 1. The molecule has 0 fully saturated rings. The maximum atomic E-state index is 11.8. The topological polar surface area (TPSA) is 79.5 Å². The summed E-state index contributed by atoms with van der Waals surface area (Å²) in [6, 6.07) is 0. The minimum absolute atomic E-state index is 0.0214. The SMILES string of the molecule is CC1(C)C/C(=C/c2sc(=S)n(CCC(=O)O)c2O)C=CC1=O. The number of aliphatic carboxylic acids is 1. The van der Waals surface area contributed by atoms with Crippen LogP contribution in [-0.2, 0) is 16.1 Å². The van der Waals surface area contributed by atoms with Gasteiger partial charge in [-0.25, -0.2) is 0 Å². The lowest BCUT2D eigenvalue weighted by molar-refractivity contribution is -0.137. The second-order valence-corrected chi connectivity index (χ2v) is 7.50. The van der Waals surface area contributed by atoms with Crippen molar-refractivity contribution in [3.8, 4) is 5.88 Å². The number of hydrogen-bond donors (Lipinski definition) is 2. The fourth-order valence-corrected chi connectivity index (χ4v) is 3.58. The molecular weight excluding hydrogens is 322 g/mol. The molecule has 0 saturated heterocycles. The molecule has 2 rings (SSSR count). The van der Waals surface area contributed by atoms with Crippen LogP contribution >= 0.6 is 23.6 Å².